The van der Waals surface area contributed by atoms with E-state index in [1.54, 1.807) is 0 Å². The minimum atomic E-state index is -0.456. The zero-order valence-electron chi connectivity index (χ0n) is 20.4. The van der Waals surface area contributed by atoms with Gasteiger partial charge in [-0.15, -0.1) is 24.0 Å². The van der Waals surface area contributed by atoms with Gasteiger partial charge in [0.25, 0.3) is 0 Å². The van der Waals surface area contributed by atoms with Crippen LogP contribution in [-0.2, 0) is 17.6 Å². The molecule has 0 spiro atoms. The van der Waals surface area contributed by atoms with E-state index in [1.807, 2.05) is 25.7 Å². The lowest BCUT2D eigenvalue weighted by Crippen LogP contribution is -2.55. The fourth-order valence-corrected chi connectivity index (χ4v) is 5.11. The summed E-state index contributed by atoms with van der Waals surface area (Å²) in [6.07, 6.45) is 5.72. The number of fused-ring (bicyclic) bond motifs is 3. The Morgan fingerprint density at radius 3 is 2.64 bits per heavy atom. The van der Waals surface area contributed by atoms with Gasteiger partial charge >= 0.3 is 6.09 Å². The van der Waals surface area contributed by atoms with Gasteiger partial charge in [0.15, 0.2) is 5.96 Å². The van der Waals surface area contributed by atoms with Crippen LogP contribution in [0.2, 0.25) is 0 Å². The van der Waals surface area contributed by atoms with Gasteiger partial charge in [0.2, 0.25) is 0 Å². The van der Waals surface area contributed by atoms with Crippen molar-refractivity contribution in [1.82, 2.24) is 15.5 Å². The Bertz CT molecular complexity index is 841. The van der Waals surface area contributed by atoms with Gasteiger partial charge in [0, 0.05) is 37.6 Å². The summed E-state index contributed by atoms with van der Waals surface area (Å²) in [5.74, 6) is 1.90. The van der Waals surface area contributed by atoms with Gasteiger partial charge in [-0.05, 0) is 77.0 Å². The predicted molar refractivity (Wildman–Crippen MR) is 142 cm³/mol. The third-order valence-corrected chi connectivity index (χ3v) is 6.45. The zero-order valence-corrected chi connectivity index (χ0v) is 22.7. The molecule has 184 valence electrons. The first-order valence-corrected chi connectivity index (χ1v) is 12.1. The van der Waals surface area contributed by atoms with E-state index in [2.05, 4.69) is 35.8 Å². The van der Waals surface area contributed by atoms with E-state index in [4.69, 9.17) is 14.5 Å². The van der Waals surface area contributed by atoms with E-state index >= 15 is 0 Å². The molecule has 2 fully saturated rings. The highest BCUT2D eigenvalue weighted by Gasteiger charge is 2.45. The van der Waals surface area contributed by atoms with Crippen molar-refractivity contribution in [3.63, 3.8) is 0 Å². The van der Waals surface area contributed by atoms with E-state index in [0.717, 1.165) is 69.9 Å². The highest BCUT2D eigenvalue weighted by atomic mass is 127. The number of carbonyl (C=O) groups excluding carboxylic acids is 1. The van der Waals surface area contributed by atoms with Gasteiger partial charge in [-0.1, -0.05) is 12.1 Å². The lowest BCUT2D eigenvalue weighted by Gasteiger charge is -2.40. The second-order valence-electron chi connectivity index (χ2n) is 10.1. The van der Waals surface area contributed by atoms with Crippen LogP contribution in [0.4, 0.5) is 4.79 Å². The molecule has 1 aromatic carbocycles. The van der Waals surface area contributed by atoms with Crippen LogP contribution in [0.15, 0.2) is 23.2 Å². The minimum absolute atomic E-state index is 0. The van der Waals surface area contributed by atoms with Crippen molar-refractivity contribution in [3.05, 3.63) is 29.3 Å². The maximum Gasteiger partial charge on any atom is 0.410 e. The molecule has 0 radical (unpaired) electrons. The summed E-state index contributed by atoms with van der Waals surface area (Å²) in [6.45, 7) is 10.2. The molecule has 7 nitrogen and oxygen atoms in total. The molecule has 3 heterocycles. The Balaban J connectivity index is 0.00000306. The van der Waals surface area contributed by atoms with E-state index in [1.165, 1.54) is 11.1 Å². The molecule has 2 bridgehead atoms. The topological polar surface area (TPSA) is 75.2 Å². The first-order valence-electron chi connectivity index (χ1n) is 12.1. The Labute approximate surface area is 215 Å². The number of ether oxygens (including phenoxy) is 2. The number of amides is 1. The average molecular weight is 571 g/mol. The molecule has 1 aromatic rings. The van der Waals surface area contributed by atoms with Gasteiger partial charge in [0.05, 0.1) is 6.61 Å². The number of hydrogen-bond donors (Lipinski definition) is 2. The summed E-state index contributed by atoms with van der Waals surface area (Å²) in [6, 6.07) is 7.29. The highest BCUT2D eigenvalue weighted by molar-refractivity contribution is 14.0. The first-order chi connectivity index (χ1) is 15.3. The van der Waals surface area contributed by atoms with Crippen molar-refractivity contribution >= 4 is 36.0 Å². The SMILES string of the molecule is CCNC(=NCCc1ccc2c(c1)CCO2)NC1CC2CCC(C1)N2C(=O)OC(C)(C)C.I. The molecule has 0 aromatic heterocycles. The van der Waals surface area contributed by atoms with Gasteiger partial charge in [-0.3, -0.25) is 4.99 Å². The van der Waals surface area contributed by atoms with Crippen molar-refractivity contribution in [2.45, 2.75) is 89.9 Å². The number of rotatable bonds is 5. The molecule has 3 aliphatic heterocycles. The second kappa shape index (κ2) is 11.1. The number of piperidine rings is 1. The van der Waals surface area contributed by atoms with Crippen LogP contribution in [0.5, 0.6) is 5.75 Å². The molecule has 3 aliphatic rings. The quantitative estimate of drug-likeness (QED) is 0.315. The third kappa shape index (κ3) is 6.67. The molecule has 0 saturated carbocycles. The van der Waals surface area contributed by atoms with Gasteiger partial charge in [-0.2, -0.15) is 0 Å². The van der Waals surface area contributed by atoms with Gasteiger partial charge in [0.1, 0.15) is 11.4 Å². The van der Waals surface area contributed by atoms with Crippen LogP contribution in [0.1, 0.15) is 64.5 Å². The number of aliphatic imine (C=N–C) groups is 1. The van der Waals surface area contributed by atoms with E-state index < -0.39 is 5.60 Å². The van der Waals surface area contributed by atoms with Crippen LogP contribution in [0.3, 0.4) is 0 Å². The summed E-state index contributed by atoms with van der Waals surface area (Å²) >= 11 is 0. The summed E-state index contributed by atoms with van der Waals surface area (Å²) < 4.78 is 11.3. The van der Waals surface area contributed by atoms with E-state index in [9.17, 15) is 4.79 Å². The first kappa shape index (κ1) is 25.9. The van der Waals surface area contributed by atoms with Crippen molar-refractivity contribution in [1.29, 1.82) is 0 Å². The average Bonchev–Trinajstić information content (AvgIpc) is 3.29. The molecule has 33 heavy (non-hydrogen) atoms. The van der Waals surface area contributed by atoms with Gasteiger partial charge in [-0.25, -0.2) is 4.79 Å². The van der Waals surface area contributed by atoms with Crippen LogP contribution < -0.4 is 15.4 Å². The molecule has 0 aliphatic carbocycles. The lowest BCUT2D eigenvalue weighted by molar-refractivity contribution is 0.00545. The number of guanidine groups is 1. The van der Waals surface area contributed by atoms with Crippen LogP contribution in [-0.4, -0.2) is 60.4 Å². The Morgan fingerprint density at radius 1 is 1.24 bits per heavy atom. The summed E-state index contributed by atoms with van der Waals surface area (Å²) in [7, 11) is 0. The fraction of sp³-hybridized carbons (Fsp3) is 0.680. The smallest absolute Gasteiger partial charge is 0.410 e. The van der Waals surface area contributed by atoms with E-state index in [0.29, 0.717) is 6.04 Å². The van der Waals surface area contributed by atoms with Gasteiger partial charge < -0.3 is 25.0 Å². The number of halogens is 1. The molecular formula is C25H39IN4O3. The van der Waals surface area contributed by atoms with Crippen molar-refractivity contribution in [3.8, 4) is 5.75 Å². The normalized spacial score (nSPS) is 23.9. The van der Waals surface area contributed by atoms with Crippen LogP contribution in [0, 0.1) is 0 Å². The number of benzene rings is 1. The maximum atomic E-state index is 12.7. The third-order valence-electron chi connectivity index (χ3n) is 6.45. The molecule has 2 saturated heterocycles. The summed E-state index contributed by atoms with van der Waals surface area (Å²) in [5, 5.41) is 7.02. The molecule has 2 N–H and O–H groups in total. The molecule has 2 atom stereocenters. The summed E-state index contributed by atoms with van der Waals surface area (Å²) in [5.41, 5.74) is 2.16. The summed E-state index contributed by atoms with van der Waals surface area (Å²) in [4.78, 5) is 19.5. The van der Waals surface area contributed by atoms with Crippen molar-refractivity contribution in [2.24, 2.45) is 4.99 Å². The Kier molecular flexibility index (Phi) is 8.75. The van der Waals surface area contributed by atoms with Crippen molar-refractivity contribution < 1.29 is 14.3 Å². The molecule has 1 amide bonds. The number of carbonyl (C=O) groups is 1. The molecular weight excluding hydrogens is 531 g/mol. The molecule has 2 unspecified atom stereocenters. The Morgan fingerprint density at radius 2 is 1.97 bits per heavy atom. The van der Waals surface area contributed by atoms with Crippen LogP contribution >= 0.6 is 24.0 Å². The lowest BCUT2D eigenvalue weighted by atomic mass is 9.98. The molecule has 4 rings (SSSR count). The zero-order chi connectivity index (χ0) is 22.7. The predicted octanol–water partition coefficient (Wildman–Crippen LogP) is 4.27. The Hall–Kier alpha value is -1.71. The number of nitrogens with one attached hydrogen (secondary N) is 2. The monoisotopic (exact) mass is 570 g/mol. The van der Waals surface area contributed by atoms with Crippen molar-refractivity contribution in [2.75, 3.05) is 19.7 Å². The minimum Gasteiger partial charge on any atom is -0.493 e. The second-order valence-corrected chi connectivity index (χ2v) is 10.1. The maximum absolute atomic E-state index is 12.7. The molecule has 8 heteroatoms. The highest BCUT2D eigenvalue weighted by Crippen LogP contribution is 2.36. The van der Waals surface area contributed by atoms with Crippen LogP contribution in [0.25, 0.3) is 0 Å². The largest absolute Gasteiger partial charge is 0.493 e. The number of hydrogen-bond acceptors (Lipinski definition) is 4. The number of nitrogens with zero attached hydrogens (tertiary/aromatic N) is 2. The standard InChI is InChI=1S/C25H38N4O3.HI/c1-5-26-23(27-12-10-17-6-9-22-18(14-17)11-13-31-22)28-19-15-20-7-8-21(16-19)29(20)24(30)32-25(2,3)4;/h6,9,14,19-21H,5,7-8,10-13,15-16H2,1-4H3,(H2,26,27,28);1H. The van der Waals surface area contributed by atoms with E-state index in [-0.39, 0.29) is 42.2 Å². The fourth-order valence-electron chi connectivity index (χ4n) is 5.11.